The standard InChI is InChI=1S/C14H19NO4S/c1-2-19-14(16)8-5-9-15-12-10-20(17,18)13-7-4-3-6-11(12)13/h3-4,6-7,12,15H,2,5,8-10H2,1H3. The first kappa shape index (κ1) is 15.0. The number of nitrogens with one attached hydrogen (secondary N) is 1. The number of ether oxygens (including phenoxy) is 1. The second-order valence-corrected chi connectivity index (χ2v) is 6.74. The van der Waals surface area contributed by atoms with Crippen LogP contribution < -0.4 is 5.32 Å². The van der Waals surface area contributed by atoms with Crippen LogP contribution in [-0.4, -0.2) is 33.3 Å². The summed E-state index contributed by atoms with van der Waals surface area (Å²) in [6.07, 6.45) is 0.986. The Balaban J connectivity index is 1.88. The van der Waals surface area contributed by atoms with Gasteiger partial charge in [-0.15, -0.1) is 0 Å². The third-order valence-electron chi connectivity index (χ3n) is 3.27. The Bertz CT molecular complexity index is 583. The average Bonchev–Trinajstić information content (AvgIpc) is 2.67. The van der Waals surface area contributed by atoms with E-state index in [9.17, 15) is 13.2 Å². The zero-order valence-electron chi connectivity index (χ0n) is 11.5. The van der Waals surface area contributed by atoms with E-state index < -0.39 is 9.84 Å². The molecule has 0 saturated heterocycles. The molecule has 0 radical (unpaired) electrons. The van der Waals surface area contributed by atoms with Crippen molar-refractivity contribution in [3.8, 4) is 0 Å². The smallest absolute Gasteiger partial charge is 0.305 e. The van der Waals surface area contributed by atoms with E-state index >= 15 is 0 Å². The SMILES string of the molecule is CCOC(=O)CCCNC1CS(=O)(=O)c2ccccc21. The van der Waals surface area contributed by atoms with Gasteiger partial charge in [0.15, 0.2) is 9.84 Å². The van der Waals surface area contributed by atoms with Gasteiger partial charge in [-0.3, -0.25) is 4.79 Å². The second kappa shape index (κ2) is 6.37. The fourth-order valence-corrected chi connectivity index (χ4v) is 4.13. The summed E-state index contributed by atoms with van der Waals surface area (Å²) in [6, 6.07) is 6.87. The molecule has 110 valence electrons. The molecule has 1 aliphatic rings. The van der Waals surface area contributed by atoms with Gasteiger partial charge >= 0.3 is 5.97 Å². The van der Waals surface area contributed by atoms with Crippen molar-refractivity contribution < 1.29 is 17.9 Å². The molecule has 2 rings (SSSR count). The highest BCUT2D eigenvalue weighted by Crippen LogP contribution is 2.32. The number of hydrogen-bond donors (Lipinski definition) is 1. The van der Waals surface area contributed by atoms with Crippen molar-refractivity contribution in [2.75, 3.05) is 18.9 Å². The van der Waals surface area contributed by atoms with Gasteiger partial charge in [0.25, 0.3) is 0 Å². The molecule has 0 fully saturated rings. The van der Waals surface area contributed by atoms with Crippen molar-refractivity contribution in [1.29, 1.82) is 0 Å². The normalized spacial score (nSPS) is 19.6. The van der Waals surface area contributed by atoms with Crippen molar-refractivity contribution in [3.63, 3.8) is 0 Å². The first-order valence-corrected chi connectivity index (χ1v) is 8.40. The summed E-state index contributed by atoms with van der Waals surface area (Å²) in [6.45, 7) is 2.75. The van der Waals surface area contributed by atoms with Crippen LogP contribution in [0.25, 0.3) is 0 Å². The molecule has 1 aliphatic heterocycles. The molecule has 1 N–H and O–H groups in total. The minimum absolute atomic E-state index is 0.0890. The summed E-state index contributed by atoms with van der Waals surface area (Å²) >= 11 is 0. The number of sulfone groups is 1. The van der Waals surface area contributed by atoms with E-state index in [1.54, 1.807) is 19.1 Å². The van der Waals surface area contributed by atoms with Gasteiger partial charge in [0, 0.05) is 12.5 Å². The molecule has 1 aromatic rings. The number of carbonyl (C=O) groups is 1. The molecule has 0 aliphatic carbocycles. The van der Waals surface area contributed by atoms with Gasteiger partial charge in [0.2, 0.25) is 0 Å². The largest absolute Gasteiger partial charge is 0.466 e. The Morgan fingerprint density at radius 1 is 1.40 bits per heavy atom. The highest BCUT2D eigenvalue weighted by molar-refractivity contribution is 7.91. The van der Waals surface area contributed by atoms with Gasteiger partial charge in [0.05, 0.1) is 17.3 Å². The molecule has 1 aromatic carbocycles. The maximum absolute atomic E-state index is 12.0. The molecule has 0 saturated carbocycles. The lowest BCUT2D eigenvalue weighted by Gasteiger charge is -2.12. The van der Waals surface area contributed by atoms with Crippen LogP contribution in [0.3, 0.4) is 0 Å². The lowest BCUT2D eigenvalue weighted by Crippen LogP contribution is -2.24. The van der Waals surface area contributed by atoms with Crippen LogP contribution in [0, 0.1) is 0 Å². The van der Waals surface area contributed by atoms with Crippen LogP contribution in [-0.2, 0) is 19.4 Å². The molecule has 1 heterocycles. The van der Waals surface area contributed by atoms with Gasteiger partial charge in [-0.25, -0.2) is 8.42 Å². The van der Waals surface area contributed by atoms with E-state index in [1.807, 2.05) is 12.1 Å². The number of fused-ring (bicyclic) bond motifs is 1. The Hall–Kier alpha value is -1.40. The zero-order chi connectivity index (χ0) is 14.6. The van der Waals surface area contributed by atoms with E-state index in [0.717, 1.165) is 5.56 Å². The fraction of sp³-hybridized carbons (Fsp3) is 0.500. The molecule has 0 aromatic heterocycles. The number of benzene rings is 1. The highest BCUT2D eigenvalue weighted by atomic mass is 32.2. The molecular formula is C14H19NO4S. The van der Waals surface area contributed by atoms with Crippen LogP contribution in [0.2, 0.25) is 0 Å². The molecule has 5 nitrogen and oxygen atoms in total. The number of rotatable bonds is 6. The van der Waals surface area contributed by atoms with E-state index in [0.29, 0.717) is 30.9 Å². The van der Waals surface area contributed by atoms with Gasteiger partial charge in [0.1, 0.15) is 0 Å². The summed E-state index contributed by atoms with van der Waals surface area (Å²) in [4.78, 5) is 11.6. The minimum atomic E-state index is -3.17. The van der Waals surface area contributed by atoms with Crippen molar-refractivity contribution in [2.24, 2.45) is 0 Å². The summed E-state index contributed by atoms with van der Waals surface area (Å²) in [7, 11) is -3.17. The van der Waals surface area contributed by atoms with E-state index in [1.165, 1.54) is 0 Å². The van der Waals surface area contributed by atoms with Crippen molar-refractivity contribution in [1.82, 2.24) is 5.32 Å². The summed E-state index contributed by atoms with van der Waals surface area (Å²) in [5, 5.41) is 3.20. The highest BCUT2D eigenvalue weighted by Gasteiger charge is 2.33. The molecule has 1 unspecified atom stereocenters. The van der Waals surface area contributed by atoms with E-state index in [2.05, 4.69) is 5.32 Å². The molecule has 6 heteroatoms. The Kier molecular flexibility index (Phi) is 4.77. The summed E-state index contributed by atoms with van der Waals surface area (Å²) in [5.74, 6) is -0.125. The Labute approximate surface area is 119 Å². The second-order valence-electron chi connectivity index (χ2n) is 4.73. The minimum Gasteiger partial charge on any atom is -0.466 e. The van der Waals surface area contributed by atoms with Gasteiger partial charge < -0.3 is 10.1 Å². The van der Waals surface area contributed by atoms with Crippen molar-refractivity contribution in [3.05, 3.63) is 29.8 Å². The topological polar surface area (TPSA) is 72.5 Å². The Morgan fingerprint density at radius 2 is 2.15 bits per heavy atom. The molecule has 0 spiro atoms. The quantitative estimate of drug-likeness (QED) is 0.635. The van der Waals surface area contributed by atoms with Crippen molar-refractivity contribution >= 4 is 15.8 Å². The van der Waals surface area contributed by atoms with E-state index in [-0.39, 0.29) is 17.8 Å². The third kappa shape index (κ3) is 3.37. The monoisotopic (exact) mass is 297 g/mol. The zero-order valence-corrected chi connectivity index (χ0v) is 12.3. The first-order valence-electron chi connectivity index (χ1n) is 6.75. The third-order valence-corrected chi connectivity index (χ3v) is 5.08. The molecule has 0 amide bonds. The lowest BCUT2D eigenvalue weighted by atomic mass is 10.1. The fourth-order valence-electron chi connectivity index (χ4n) is 2.36. The van der Waals surface area contributed by atoms with Crippen LogP contribution in [0.4, 0.5) is 0 Å². The van der Waals surface area contributed by atoms with Gasteiger partial charge in [-0.2, -0.15) is 0 Å². The number of carbonyl (C=O) groups excluding carboxylic acids is 1. The number of esters is 1. The summed E-state index contributed by atoms with van der Waals surface area (Å²) in [5.41, 5.74) is 0.823. The average molecular weight is 297 g/mol. The predicted octanol–water partition coefficient (Wildman–Crippen LogP) is 1.45. The molecule has 1 atom stereocenters. The van der Waals surface area contributed by atoms with Crippen molar-refractivity contribution in [2.45, 2.75) is 30.7 Å². The lowest BCUT2D eigenvalue weighted by molar-refractivity contribution is -0.143. The molecule has 0 bridgehead atoms. The molecule has 20 heavy (non-hydrogen) atoms. The predicted molar refractivity (Wildman–Crippen MR) is 75.1 cm³/mol. The van der Waals surface area contributed by atoms with E-state index in [4.69, 9.17) is 4.74 Å². The first-order chi connectivity index (χ1) is 9.54. The van der Waals surface area contributed by atoms with Gasteiger partial charge in [-0.1, -0.05) is 18.2 Å². The van der Waals surface area contributed by atoms with Crippen LogP contribution in [0.1, 0.15) is 31.4 Å². The maximum atomic E-state index is 12.0. The Morgan fingerprint density at radius 3 is 2.90 bits per heavy atom. The van der Waals surface area contributed by atoms with Crippen LogP contribution in [0.5, 0.6) is 0 Å². The molecular weight excluding hydrogens is 278 g/mol. The number of hydrogen-bond acceptors (Lipinski definition) is 5. The van der Waals surface area contributed by atoms with Crippen LogP contribution in [0.15, 0.2) is 29.2 Å². The van der Waals surface area contributed by atoms with Gasteiger partial charge in [-0.05, 0) is 31.5 Å². The van der Waals surface area contributed by atoms with Crippen LogP contribution >= 0.6 is 0 Å². The summed E-state index contributed by atoms with van der Waals surface area (Å²) < 4.78 is 28.8. The maximum Gasteiger partial charge on any atom is 0.305 e.